The van der Waals surface area contributed by atoms with Crippen molar-refractivity contribution in [3.05, 3.63) is 21.6 Å². The number of hydrogen-bond acceptors (Lipinski definition) is 4. The summed E-state index contributed by atoms with van der Waals surface area (Å²) in [4.78, 5) is 13.1. The number of alkyl halides is 3. The number of nitrogens with one attached hydrogen (secondary N) is 1. The van der Waals surface area contributed by atoms with Gasteiger partial charge in [-0.1, -0.05) is 0 Å². The van der Waals surface area contributed by atoms with Crippen LogP contribution in [-0.4, -0.2) is 41.6 Å². The van der Waals surface area contributed by atoms with Crippen LogP contribution in [0.4, 0.5) is 13.2 Å². The van der Waals surface area contributed by atoms with Crippen LogP contribution < -0.4 is 5.56 Å². The lowest BCUT2D eigenvalue weighted by molar-refractivity contribution is -0.0450. The Morgan fingerprint density at radius 2 is 1.94 bits per heavy atom. The highest BCUT2D eigenvalue weighted by atomic mass is 32.2. The van der Waals surface area contributed by atoms with E-state index < -0.39 is 21.1 Å². The Labute approximate surface area is 100 Å². The van der Waals surface area contributed by atoms with E-state index in [0.29, 0.717) is 6.54 Å². The molecule has 0 aliphatic carbocycles. The largest absolute Gasteiger partial charge is 0.518 e. The van der Waals surface area contributed by atoms with E-state index in [-0.39, 0.29) is 28.3 Å². The molecule has 0 aromatic carbocycles. The van der Waals surface area contributed by atoms with Gasteiger partial charge in [0.15, 0.2) is 0 Å². The predicted octanol–water partition coefficient (Wildman–Crippen LogP) is -0.138. The molecule has 1 aliphatic rings. The molecule has 0 saturated carbocycles. The number of nitrogens with zero attached hydrogens (tertiary/aromatic N) is 2. The smallest absolute Gasteiger partial charge is 0.300 e. The molecule has 6 nitrogen and oxygen atoms in total. The van der Waals surface area contributed by atoms with Crippen LogP contribution in [0.2, 0.25) is 0 Å². The molecular weight excluding hydrogens is 275 g/mol. The number of rotatable bonds is 1. The molecule has 1 N–H and O–H groups in total. The van der Waals surface area contributed by atoms with Gasteiger partial charge in [-0.25, -0.2) is 5.10 Å². The van der Waals surface area contributed by atoms with E-state index in [1.807, 2.05) is 0 Å². The molecule has 0 radical (unpaired) electrons. The molecule has 0 bridgehead atoms. The summed E-state index contributed by atoms with van der Waals surface area (Å²) >= 11 is 0. The van der Waals surface area contributed by atoms with Crippen molar-refractivity contribution in [2.75, 3.05) is 13.6 Å². The minimum atomic E-state index is -5.59. The van der Waals surface area contributed by atoms with Gasteiger partial charge in [-0.15, -0.1) is 0 Å². The van der Waals surface area contributed by atoms with Crippen molar-refractivity contribution in [2.24, 2.45) is 0 Å². The topological polar surface area (TPSA) is 75.2 Å². The zero-order chi connectivity index (χ0) is 13.7. The Bertz CT molecular complexity index is 628. The van der Waals surface area contributed by atoms with Gasteiger partial charge in [-0.3, -0.25) is 4.79 Å². The van der Waals surface area contributed by atoms with Gasteiger partial charge in [0.1, 0.15) is 0 Å². The van der Waals surface area contributed by atoms with Crippen LogP contribution in [0.1, 0.15) is 11.3 Å². The highest BCUT2D eigenvalue weighted by molar-refractivity contribution is 7.90. The molecule has 2 rings (SSSR count). The average Bonchev–Trinajstić information content (AvgIpc) is 2.54. The Hall–Kier alpha value is -1.29. The second kappa shape index (κ2) is 3.85. The third kappa shape index (κ3) is 1.85. The SMILES string of the molecule is CN1CCc2c(n(S(=O)(=O)C(F)(F)F)[nH]c2=O)C1. The summed E-state index contributed by atoms with van der Waals surface area (Å²) in [5.41, 5.74) is -6.28. The number of hydrogen-bond donors (Lipinski definition) is 1. The molecule has 102 valence electrons. The molecule has 0 spiro atoms. The first-order valence-corrected chi connectivity index (χ1v) is 6.42. The molecule has 1 aromatic rings. The monoisotopic (exact) mass is 285 g/mol. The molecule has 1 aromatic heterocycles. The average molecular weight is 285 g/mol. The number of fused-ring (bicyclic) bond motifs is 1. The quantitative estimate of drug-likeness (QED) is 0.779. The van der Waals surface area contributed by atoms with Gasteiger partial charge >= 0.3 is 15.5 Å². The fraction of sp³-hybridized carbons (Fsp3) is 0.625. The Morgan fingerprint density at radius 1 is 1.33 bits per heavy atom. The maximum Gasteiger partial charge on any atom is 0.518 e. The van der Waals surface area contributed by atoms with Gasteiger partial charge in [0.05, 0.1) is 5.69 Å². The summed E-state index contributed by atoms with van der Waals surface area (Å²) in [6.45, 7) is 0.468. The lowest BCUT2D eigenvalue weighted by atomic mass is 10.1. The fourth-order valence-electron chi connectivity index (χ4n) is 1.84. The van der Waals surface area contributed by atoms with Crippen molar-refractivity contribution >= 4 is 10.0 Å². The molecule has 10 heteroatoms. The highest BCUT2D eigenvalue weighted by Crippen LogP contribution is 2.27. The first-order valence-electron chi connectivity index (χ1n) is 4.98. The standard InChI is InChI=1S/C8H10F3N3O3S/c1-13-3-2-5-6(4-13)14(12-7(5)15)18(16,17)8(9,10)11/h2-4H2,1H3,(H,12,15). The molecule has 0 fully saturated rings. The summed E-state index contributed by atoms with van der Waals surface area (Å²) in [5, 5.41) is 1.75. The van der Waals surface area contributed by atoms with Gasteiger partial charge in [-0.05, 0) is 13.5 Å². The number of aromatic amines is 1. The van der Waals surface area contributed by atoms with Gasteiger partial charge in [0.2, 0.25) is 0 Å². The van der Waals surface area contributed by atoms with E-state index in [0.717, 1.165) is 0 Å². The van der Waals surface area contributed by atoms with Crippen molar-refractivity contribution in [3.63, 3.8) is 0 Å². The zero-order valence-corrected chi connectivity index (χ0v) is 10.1. The summed E-state index contributed by atoms with van der Waals surface area (Å²) in [5.74, 6) is 0. The van der Waals surface area contributed by atoms with Gasteiger partial charge in [-0.2, -0.15) is 25.7 Å². The van der Waals surface area contributed by atoms with Crippen LogP contribution in [0.5, 0.6) is 0 Å². The fourth-order valence-corrected chi connectivity index (χ4v) is 2.71. The van der Waals surface area contributed by atoms with E-state index >= 15 is 0 Å². The molecule has 18 heavy (non-hydrogen) atoms. The molecule has 0 amide bonds. The molecule has 0 saturated heterocycles. The normalized spacial score (nSPS) is 17.8. The van der Waals surface area contributed by atoms with E-state index in [9.17, 15) is 26.4 Å². The molecule has 0 atom stereocenters. The summed E-state index contributed by atoms with van der Waals surface area (Å²) < 4.78 is 59.9. The van der Waals surface area contributed by atoms with E-state index in [2.05, 4.69) is 0 Å². The summed E-state index contributed by atoms with van der Waals surface area (Å²) in [6, 6.07) is 0. The van der Waals surface area contributed by atoms with E-state index in [1.165, 1.54) is 0 Å². The van der Waals surface area contributed by atoms with Crippen molar-refractivity contribution in [1.82, 2.24) is 14.1 Å². The van der Waals surface area contributed by atoms with Crippen molar-refractivity contribution in [2.45, 2.75) is 18.5 Å². The summed E-state index contributed by atoms with van der Waals surface area (Å²) in [7, 11) is -3.96. The maximum atomic E-state index is 12.5. The first kappa shape index (κ1) is 13.1. The zero-order valence-electron chi connectivity index (χ0n) is 9.28. The highest BCUT2D eigenvalue weighted by Gasteiger charge is 2.49. The molecular formula is C8H10F3N3O3S. The first-order chi connectivity index (χ1) is 8.14. The van der Waals surface area contributed by atoms with Crippen LogP contribution in [0.25, 0.3) is 0 Å². The third-order valence-electron chi connectivity index (χ3n) is 2.77. The number of H-pyrrole nitrogens is 1. The predicted molar refractivity (Wildman–Crippen MR) is 55.5 cm³/mol. The van der Waals surface area contributed by atoms with Crippen LogP contribution in [0.3, 0.4) is 0 Å². The van der Waals surface area contributed by atoms with Gasteiger partial charge in [0.25, 0.3) is 5.56 Å². The second-order valence-electron chi connectivity index (χ2n) is 4.07. The van der Waals surface area contributed by atoms with Crippen LogP contribution in [-0.2, 0) is 23.0 Å². The number of likely N-dealkylation sites (N-methyl/N-ethyl adjacent to an activating group) is 1. The Balaban J connectivity index is 2.65. The van der Waals surface area contributed by atoms with Gasteiger partial charge in [0, 0.05) is 18.7 Å². The van der Waals surface area contributed by atoms with E-state index in [1.54, 1.807) is 17.0 Å². The van der Waals surface area contributed by atoms with E-state index in [4.69, 9.17) is 0 Å². The minimum Gasteiger partial charge on any atom is -0.300 e. The molecule has 1 aliphatic heterocycles. The lowest BCUT2D eigenvalue weighted by Crippen LogP contribution is -2.35. The van der Waals surface area contributed by atoms with Crippen molar-refractivity contribution in [1.29, 1.82) is 0 Å². The Morgan fingerprint density at radius 3 is 2.50 bits per heavy atom. The number of aromatic nitrogens is 2. The molecule has 2 heterocycles. The Kier molecular flexibility index (Phi) is 2.81. The second-order valence-corrected chi connectivity index (χ2v) is 5.85. The van der Waals surface area contributed by atoms with Crippen LogP contribution in [0.15, 0.2) is 4.79 Å². The lowest BCUT2D eigenvalue weighted by Gasteiger charge is -2.23. The molecule has 0 unspecified atom stereocenters. The maximum absolute atomic E-state index is 12.5. The van der Waals surface area contributed by atoms with Crippen molar-refractivity contribution < 1.29 is 21.6 Å². The van der Waals surface area contributed by atoms with Crippen LogP contribution >= 0.6 is 0 Å². The number of halogens is 3. The van der Waals surface area contributed by atoms with Crippen molar-refractivity contribution in [3.8, 4) is 0 Å². The minimum absolute atomic E-state index is 0.0244. The third-order valence-corrected chi connectivity index (χ3v) is 4.14. The van der Waals surface area contributed by atoms with Gasteiger partial charge < -0.3 is 4.90 Å². The summed E-state index contributed by atoms with van der Waals surface area (Å²) in [6.07, 6.45) is 0.224. The van der Waals surface area contributed by atoms with Crippen LogP contribution in [0, 0.1) is 0 Å².